The number of likely N-dealkylation sites (tertiary alicyclic amines) is 1. The summed E-state index contributed by atoms with van der Waals surface area (Å²) in [5, 5.41) is 0. The standard InChI is InChI=1S/C27H34N2O4/c30-26(15-18-33-24-12-5-2-6-13-24)28-16-7-11-23(20-28)27(31)29(21-25-14-8-17-32-25)19-22-9-3-1-4-10-22/h1-6,9-10,12-13,23,25H,7-8,11,14-21H2. The fourth-order valence-electron chi connectivity index (χ4n) is 4.66. The van der Waals surface area contributed by atoms with E-state index in [1.54, 1.807) is 0 Å². The summed E-state index contributed by atoms with van der Waals surface area (Å²) < 4.78 is 11.5. The highest BCUT2D eigenvalue weighted by Gasteiger charge is 2.32. The van der Waals surface area contributed by atoms with Crippen molar-refractivity contribution < 1.29 is 19.1 Å². The number of carbonyl (C=O) groups is 2. The summed E-state index contributed by atoms with van der Waals surface area (Å²) in [5.41, 5.74) is 1.12. The van der Waals surface area contributed by atoms with E-state index in [-0.39, 0.29) is 23.8 Å². The highest BCUT2D eigenvalue weighted by molar-refractivity contribution is 5.81. The predicted octanol–water partition coefficient (Wildman–Crippen LogP) is 3.90. The zero-order valence-electron chi connectivity index (χ0n) is 19.2. The van der Waals surface area contributed by atoms with Crippen LogP contribution >= 0.6 is 0 Å². The first-order chi connectivity index (χ1) is 16.2. The van der Waals surface area contributed by atoms with Crippen molar-refractivity contribution in [2.45, 2.75) is 44.8 Å². The van der Waals surface area contributed by atoms with Crippen molar-refractivity contribution >= 4 is 11.8 Å². The molecule has 0 N–H and O–H groups in total. The maximum Gasteiger partial charge on any atom is 0.227 e. The monoisotopic (exact) mass is 450 g/mol. The van der Waals surface area contributed by atoms with Gasteiger partial charge in [-0.15, -0.1) is 0 Å². The number of nitrogens with zero attached hydrogens (tertiary/aromatic N) is 2. The molecule has 2 amide bonds. The second-order valence-electron chi connectivity index (χ2n) is 8.93. The topological polar surface area (TPSA) is 59.1 Å². The normalized spacial score (nSPS) is 20.4. The van der Waals surface area contributed by atoms with Gasteiger partial charge in [0.05, 0.1) is 25.0 Å². The van der Waals surface area contributed by atoms with Gasteiger partial charge in [0, 0.05) is 32.8 Å². The number of hydrogen-bond acceptors (Lipinski definition) is 4. The minimum absolute atomic E-state index is 0.0529. The fraction of sp³-hybridized carbons (Fsp3) is 0.481. The van der Waals surface area contributed by atoms with Gasteiger partial charge in [0.25, 0.3) is 0 Å². The minimum atomic E-state index is -0.164. The van der Waals surface area contributed by atoms with Crippen molar-refractivity contribution in [3.05, 3.63) is 66.2 Å². The van der Waals surface area contributed by atoms with E-state index in [0.29, 0.717) is 39.2 Å². The second kappa shape index (κ2) is 11.8. The first-order valence-electron chi connectivity index (χ1n) is 12.1. The molecule has 0 aliphatic carbocycles. The summed E-state index contributed by atoms with van der Waals surface area (Å²) in [4.78, 5) is 30.1. The number of amides is 2. The van der Waals surface area contributed by atoms with Gasteiger partial charge in [-0.3, -0.25) is 9.59 Å². The lowest BCUT2D eigenvalue weighted by molar-refractivity contribution is -0.142. The Balaban J connectivity index is 1.33. The number of benzene rings is 2. The van der Waals surface area contributed by atoms with Crippen LogP contribution in [0.25, 0.3) is 0 Å². The fourth-order valence-corrected chi connectivity index (χ4v) is 4.66. The lowest BCUT2D eigenvalue weighted by atomic mass is 9.95. The van der Waals surface area contributed by atoms with E-state index in [1.165, 1.54) is 0 Å². The third kappa shape index (κ3) is 6.81. The molecule has 2 aromatic rings. The van der Waals surface area contributed by atoms with Gasteiger partial charge in [0.15, 0.2) is 0 Å². The third-order valence-corrected chi connectivity index (χ3v) is 6.43. The molecule has 0 bridgehead atoms. The van der Waals surface area contributed by atoms with Gasteiger partial charge in [-0.2, -0.15) is 0 Å². The van der Waals surface area contributed by atoms with E-state index in [4.69, 9.17) is 9.47 Å². The van der Waals surface area contributed by atoms with E-state index >= 15 is 0 Å². The number of piperidine rings is 1. The minimum Gasteiger partial charge on any atom is -0.493 e. The van der Waals surface area contributed by atoms with E-state index < -0.39 is 0 Å². The Bertz CT molecular complexity index is 884. The lowest BCUT2D eigenvalue weighted by Crippen LogP contribution is -2.48. The largest absolute Gasteiger partial charge is 0.493 e. The van der Waals surface area contributed by atoms with Crippen molar-refractivity contribution in [2.24, 2.45) is 5.92 Å². The summed E-state index contributed by atoms with van der Waals surface area (Å²) in [6, 6.07) is 19.6. The molecule has 2 aliphatic rings. The van der Waals surface area contributed by atoms with Gasteiger partial charge >= 0.3 is 0 Å². The molecule has 6 heteroatoms. The zero-order valence-corrected chi connectivity index (χ0v) is 19.2. The quantitative estimate of drug-likeness (QED) is 0.581. The highest BCUT2D eigenvalue weighted by atomic mass is 16.5. The smallest absolute Gasteiger partial charge is 0.227 e. The van der Waals surface area contributed by atoms with Gasteiger partial charge in [-0.25, -0.2) is 0 Å². The Kier molecular flexibility index (Phi) is 8.36. The van der Waals surface area contributed by atoms with Crippen LogP contribution in [0.1, 0.15) is 37.7 Å². The molecule has 2 atom stereocenters. The van der Waals surface area contributed by atoms with Crippen molar-refractivity contribution in [3.8, 4) is 5.75 Å². The van der Waals surface area contributed by atoms with Crippen molar-refractivity contribution in [1.82, 2.24) is 9.80 Å². The van der Waals surface area contributed by atoms with E-state index in [9.17, 15) is 9.59 Å². The van der Waals surface area contributed by atoms with Crippen LogP contribution in [-0.2, 0) is 20.9 Å². The Hall–Kier alpha value is -2.86. The van der Waals surface area contributed by atoms with Gasteiger partial charge < -0.3 is 19.3 Å². The Morgan fingerprint density at radius 3 is 2.48 bits per heavy atom. The molecule has 0 spiro atoms. The van der Waals surface area contributed by atoms with Crippen LogP contribution in [0.4, 0.5) is 0 Å². The molecule has 2 aromatic carbocycles. The molecule has 4 rings (SSSR count). The molecular weight excluding hydrogens is 416 g/mol. The van der Waals surface area contributed by atoms with E-state index in [1.807, 2.05) is 58.3 Å². The van der Waals surface area contributed by atoms with Crippen molar-refractivity contribution in [1.29, 1.82) is 0 Å². The van der Waals surface area contributed by atoms with Crippen LogP contribution in [0.5, 0.6) is 5.75 Å². The summed E-state index contributed by atoms with van der Waals surface area (Å²) in [5.74, 6) is 0.787. The molecule has 2 saturated heterocycles. The van der Waals surface area contributed by atoms with Crippen LogP contribution in [-0.4, -0.2) is 60.6 Å². The second-order valence-corrected chi connectivity index (χ2v) is 8.93. The third-order valence-electron chi connectivity index (χ3n) is 6.43. The van der Waals surface area contributed by atoms with Gasteiger partial charge in [-0.1, -0.05) is 48.5 Å². The maximum atomic E-state index is 13.6. The van der Waals surface area contributed by atoms with Crippen LogP contribution in [0, 0.1) is 5.92 Å². The number of hydrogen-bond donors (Lipinski definition) is 0. The molecule has 2 heterocycles. The molecular formula is C27H34N2O4. The molecule has 6 nitrogen and oxygen atoms in total. The van der Waals surface area contributed by atoms with Crippen molar-refractivity contribution in [3.63, 3.8) is 0 Å². The van der Waals surface area contributed by atoms with Gasteiger partial charge in [0.1, 0.15) is 5.75 Å². The average molecular weight is 451 g/mol. The number of carbonyl (C=O) groups excluding carboxylic acids is 2. The van der Waals surface area contributed by atoms with Crippen LogP contribution < -0.4 is 4.74 Å². The zero-order chi connectivity index (χ0) is 22.9. The summed E-state index contributed by atoms with van der Waals surface area (Å²) in [6.07, 6.45) is 4.14. The van der Waals surface area contributed by atoms with Gasteiger partial charge in [0.2, 0.25) is 11.8 Å². The van der Waals surface area contributed by atoms with E-state index in [0.717, 1.165) is 43.6 Å². The summed E-state index contributed by atoms with van der Waals surface area (Å²) >= 11 is 0. The summed E-state index contributed by atoms with van der Waals surface area (Å²) in [7, 11) is 0. The van der Waals surface area contributed by atoms with E-state index in [2.05, 4.69) is 12.1 Å². The van der Waals surface area contributed by atoms with Crippen molar-refractivity contribution in [2.75, 3.05) is 32.8 Å². The number of para-hydroxylation sites is 1. The molecule has 2 unspecified atom stereocenters. The molecule has 2 aliphatic heterocycles. The Labute approximate surface area is 196 Å². The Morgan fingerprint density at radius 2 is 1.76 bits per heavy atom. The lowest BCUT2D eigenvalue weighted by Gasteiger charge is -2.36. The van der Waals surface area contributed by atoms with Gasteiger partial charge in [-0.05, 0) is 43.4 Å². The SMILES string of the molecule is O=C(CCOc1ccccc1)N1CCCC(C(=O)N(Cc2ccccc2)CC2CCCO2)C1. The van der Waals surface area contributed by atoms with Crippen LogP contribution in [0.15, 0.2) is 60.7 Å². The van der Waals surface area contributed by atoms with Crippen LogP contribution in [0.3, 0.4) is 0 Å². The van der Waals surface area contributed by atoms with Crippen LogP contribution in [0.2, 0.25) is 0 Å². The predicted molar refractivity (Wildman–Crippen MR) is 127 cm³/mol. The molecule has 2 fully saturated rings. The molecule has 0 aromatic heterocycles. The molecule has 0 radical (unpaired) electrons. The highest BCUT2D eigenvalue weighted by Crippen LogP contribution is 2.23. The molecule has 176 valence electrons. The number of ether oxygens (including phenoxy) is 2. The number of rotatable bonds is 9. The first kappa shape index (κ1) is 23.3. The molecule has 0 saturated carbocycles. The first-order valence-corrected chi connectivity index (χ1v) is 12.1. The maximum absolute atomic E-state index is 13.6. The molecule has 33 heavy (non-hydrogen) atoms. The average Bonchev–Trinajstić information content (AvgIpc) is 3.38. The summed E-state index contributed by atoms with van der Waals surface area (Å²) in [6.45, 7) is 3.50. The Morgan fingerprint density at radius 1 is 1.00 bits per heavy atom.